The molecule has 0 spiro atoms. The van der Waals surface area contributed by atoms with Crippen LogP contribution in [0.15, 0.2) is 24.3 Å². The third kappa shape index (κ3) is 3.31. The summed E-state index contributed by atoms with van der Waals surface area (Å²) in [4.78, 5) is 13.2. The van der Waals surface area contributed by atoms with Crippen molar-refractivity contribution in [1.29, 1.82) is 0 Å². The van der Waals surface area contributed by atoms with Gasteiger partial charge in [-0.2, -0.15) is 0 Å². The van der Waals surface area contributed by atoms with E-state index >= 15 is 0 Å². The highest BCUT2D eigenvalue weighted by molar-refractivity contribution is 5.89. The van der Waals surface area contributed by atoms with Crippen LogP contribution in [-0.2, 0) is 10.2 Å². The fraction of sp³-hybridized carbons (Fsp3) is 0.650. The molecule has 3 aliphatic carbocycles. The van der Waals surface area contributed by atoms with E-state index in [9.17, 15) is 9.18 Å². The SMILES string of the molecule is Cl.NC1CC2CCCC(C1)C2NC(=O)C1(c2cccc(F)c2)CCC1. The molecule has 0 radical (unpaired) electrons. The molecule has 25 heavy (non-hydrogen) atoms. The Bertz CT molecular complexity index is 620. The summed E-state index contributed by atoms with van der Waals surface area (Å²) in [6, 6.07) is 7.15. The quantitative estimate of drug-likeness (QED) is 0.857. The van der Waals surface area contributed by atoms with Gasteiger partial charge in [0.1, 0.15) is 5.82 Å². The number of carbonyl (C=O) groups is 1. The molecule has 3 fully saturated rings. The monoisotopic (exact) mass is 366 g/mol. The van der Waals surface area contributed by atoms with Gasteiger partial charge >= 0.3 is 0 Å². The lowest BCUT2D eigenvalue weighted by atomic mass is 9.62. The summed E-state index contributed by atoms with van der Waals surface area (Å²) in [6.07, 6.45) is 8.32. The Kier molecular flexibility index (Phi) is 5.40. The van der Waals surface area contributed by atoms with E-state index in [4.69, 9.17) is 5.73 Å². The van der Waals surface area contributed by atoms with Gasteiger partial charge in [-0.15, -0.1) is 12.4 Å². The number of benzene rings is 1. The summed E-state index contributed by atoms with van der Waals surface area (Å²) < 4.78 is 13.7. The zero-order chi connectivity index (χ0) is 16.7. The Balaban J connectivity index is 0.00000182. The first-order valence-electron chi connectivity index (χ1n) is 9.41. The number of halogens is 2. The third-order valence-corrected chi connectivity index (χ3v) is 6.69. The van der Waals surface area contributed by atoms with Gasteiger partial charge < -0.3 is 11.1 Å². The van der Waals surface area contributed by atoms with E-state index in [1.165, 1.54) is 31.4 Å². The lowest BCUT2D eigenvalue weighted by Gasteiger charge is -2.48. The topological polar surface area (TPSA) is 55.1 Å². The maximum atomic E-state index is 13.7. The second-order valence-corrected chi connectivity index (χ2v) is 8.13. The Morgan fingerprint density at radius 1 is 1.16 bits per heavy atom. The first-order valence-corrected chi connectivity index (χ1v) is 9.41. The van der Waals surface area contributed by atoms with Crippen molar-refractivity contribution in [2.24, 2.45) is 17.6 Å². The van der Waals surface area contributed by atoms with Crippen molar-refractivity contribution in [2.75, 3.05) is 0 Å². The van der Waals surface area contributed by atoms with E-state index in [1.807, 2.05) is 6.07 Å². The standard InChI is InChI=1S/C20H27FN2O.ClH/c21-16-7-2-6-15(12-16)20(8-3-9-20)19(24)23-18-13-4-1-5-14(18)11-17(22)10-13;/h2,6-7,12-14,17-18H,1,3-5,8-11,22H2,(H,23,24);1H. The lowest BCUT2D eigenvalue weighted by molar-refractivity contribution is -0.132. The summed E-state index contributed by atoms with van der Waals surface area (Å²) in [5.74, 6) is 0.881. The molecule has 138 valence electrons. The molecule has 2 unspecified atom stereocenters. The first-order chi connectivity index (χ1) is 11.6. The molecule has 1 aromatic rings. The van der Waals surface area contributed by atoms with Gasteiger partial charge in [0.15, 0.2) is 0 Å². The van der Waals surface area contributed by atoms with Crippen LogP contribution < -0.4 is 11.1 Å². The maximum Gasteiger partial charge on any atom is 0.230 e. The molecule has 0 heterocycles. The van der Waals surface area contributed by atoms with E-state index in [0.29, 0.717) is 11.8 Å². The van der Waals surface area contributed by atoms with Crippen LogP contribution in [0.25, 0.3) is 0 Å². The number of carbonyl (C=O) groups excluding carboxylic acids is 1. The molecule has 0 aliphatic heterocycles. The first kappa shape index (κ1) is 18.7. The minimum Gasteiger partial charge on any atom is -0.352 e. The van der Waals surface area contributed by atoms with Crippen molar-refractivity contribution in [2.45, 2.75) is 68.9 Å². The van der Waals surface area contributed by atoms with Gasteiger partial charge in [-0.3, -0.25) is 4.79 Å². The van der Waals surface area contributed by atoms with E-state index in [1.54, 1.807) is 6.07 Å². The molecule has 0 saturated heterocycles. The molecular formula is C20H28ClFN2O. The highest BCUT2D eigenvalue weighted by Crippen LogP contribution is 2.46. The maximum absolute atomic E-state index is 13.7. The van der Waals surface area contributed by atoms with Crippen LogP contribution in [0.1, 0.15) is 56.9 Å². The lowest BCUT2D eigenvalue weighted by Crippen LogP contribution is -2.59. The Hall–Kier alpha value is -1.13. The average molecular weight is 367 g/mol. The molecule has 5 heteroatoms. The number of nitrogens with one attached hydrogen (secondary N) is 1. The van der Waals surface area contributed by atoms with E-state index < -0.39 is 5.41 Å². The second kappa shape index (κ2) is 7.24. The highest BCUT2D eigenvalue weighted by atomic mass is 35.5. The summed E-state index contributed by atoms with van der Waals surface area (Å²) in [5, 5.41) is 3.39. The largest absolute Gasteiger partial charge is 0.352 e. The van der Waals surface area contributed by atoms with E-state index in [2.05, 4.69) is 5.32 Å². The van der Waals surface area contributed by atoms with Crippen LogP contribution in [-0.4, -0.2) is 18.0 Å². The number of nitrogens with two attached hydrogens (primary N) is 1. The fourth-order valence-electron chi connectivity index (χ4n) is 5.28. The van der Waals surface area contributed by atoms with Gasteiger partial charge in [0.05, 0.1) is 5.41 Å². The Morgan fingerprint density at radius 2 is 1.84 bits per heavy atom. The number of fused-ring (bicyclic) bond motifs is 2. The number of rotatable bonds is 3. The number of hydrogen-bond donors (Lipinski definition) is 2. The summed E-state index contributed by atoms with van der Waals surface area (Å²) in [5.41, 5.74) is 6.51. The molecule has 3 aliphatic rings. The van der Waals surface area contributed by atoms with Crippen molar-refractivity contribution in [1.82, 2.24) is 5.32 Å². The van der Waals surface area contributed by atoms with E-state index in [-0.39, 0.29) is 36.2 Å². The van der Waals surface area contributed by atoms with Crippen LogP contribution in [0.3, 0.4) is 0 Å². The second-order valence-electron chi connectivity index (χ2n) is 8.13. The van der Waals surface area contributed by atoms with Crippen molar-refractivity contribution >= 4 is 18.3 Å². The molecule has 4 rings (SSSR count). The predicted octanol–water partition coefficient (Wildman–Crippen LogP) is 3.69. The summed E-state index contributed by atoms with van der Waals surface area (Å²) >= 11 is 0. The molecule has 2 atom stereocenters. The van der Waals surface area contributed by atoms with Crippen LogP contribution in [0.5, 0.6) is 0 Å². The van der Waals surface area contributed by atoms with Crippen LogP contribution >= 0.6 is 12.4 Å². The van der Waals surface area contributed by atoms with Gasteiger partial charge in [0.2, 0.25) is 5.91 Å². The highest BCUT2D eigenvalue weighted by Gasteiger charge is 2.48. The van der Waals surface area contributed by atoms with Crippen molar-refractivity contribution in [3.63, 3.8) is 0 Å². The molecular weight excluding hydrogens is 339 g/mol. The predicted molar refractivity (Wildman–Crippen MR) is 99.1 cm³/mol. The van der Waals surface area contributed by atoms with Gasteiger partial charge in [-0.1, -0.05) is 25.0 Å². The molecule has 1 amide bonds. The number of hydrogen-bond acceptors (Lipinski definition) is 2. The average Bonchev–Trinajstić information content (AvgIpc) is 2.47. The van der Waals surface area contributed by atoms with Gasteiger partial charge in [0.25, 0.3) is 0 Å². The normalized spacial score (nSPS) is 32.9. The minimum absolute atomic E-state index is 0. The Labute approximate surface area is 155 Å². The molecule has 3 saturated carbocycles. The van der Waals surface area contributed by atoms with Crippen molar-refractivity contribution in [3.8, 4) is 0 Å². The van der Waals surface area contributed by atoms with Crippen LogP contribution in [0.4, 0.5) is 4.39 Å². The smallest absolute Gasteiger partial charge is 0.230 e. The number of amides is 1. The fourth-order valence-corrected chi connectivity index (χ4v) is 5.28. The molecule has 1 aromatic carbocycles. The van der Waals surface area contributed by atoms with Gasteiger partial charge in [0, 0.05) is 12.1 Å². The summed E-state index contributed by atoms with van der Waals surface area (Å²) in [6.45, 7) is 0. The summed E-state index contributed by atoms with van der Waals surface area (Å²) in [7, 11) is 0. The minimum atomic E-state index is -0.518. The van der Waals surface area contributed by atoms with Gasteiger partial charge in [-0.25, -0.2) is 4.39 Å². The zero-order valence-corrected chi connectivity index (χ0v) is 15.4. The molecule has 3 N–H and O–H groups in total. The van der Waals surface area contributed by atoms with Crippen LogP contribution in [0, 0.1) is 17.7 Å². The van der Waals surface area contributed by atoms with Gasteiger partial charge in [-0.05, 0) is 68.1 Å². The van der Waals surface area contributed by atoms with Crippen LogP contribution in [0.2, 0.25) is 0 Å². The zero-order valence-electron chi connectivity index (χ0n) is 14.5. The van der Waals surface area contributed by atoms with Crippen molar-refractivity contribution in [3.05, 3.63) is 35.6 Å². The molecule has 2 bridgehead atoms. The molecule has 3 nitrogen and oxygen atoms in total. The Morgan fingerprint density at radius 3 is 2.40 bits per heavy atom. The van der Waals surface area contributed by atoms with E-state index in [0.717, 1.165) is 37.7 Å². The third-order valence-electron chi connectivity index (χ3n) is 6.69. The van der Waals surface area contributed by atoms with Crippen molar-refractivity contribution < 1.29 is 9.18 Å². The molecule has 0 aromatic heterocycles.